The molecule has 0 atom stereocenters. The molecule has 0 aliphatic heterocycles. The summed E-state index contributed by atoms with van der Waals surface area (Å²) in [5, 5.41) is 12.3. The lowest BCUT2D eigenvalue weighted by molar-refractivity contribution is 0.469. The van der Waals surface area contributed by atoms with E-state index in [9.17, 15) is 9.50 Å². The van der Waals surface area contributed by atoms with Gasteiger partial charge in [-0.3, -0.25) is 0 Å². The van der Waals surface area contributed by atoms with Gasteiger partial charge in [0.05, 0.1) is 0 Å². The van der Waals surface area contributed by atoms with Gasteiger partial charge >= 0.3 is 0 Å². The Bertz CT molecular complexity index is 768. The van der Waals surface area contributed by atoms with Crippen molar-refractivity contribution in [3.05, 3.63) is 72.0 Å². The Balaban J connectivity index is 1.97. The van der Waals surface area contributed by atoms with E-state index in [0.29, 0.717) is 6.54 Å². The molecule has 0 aliphatic rings. The highest BCUT2D eigenvalue weighted by atomic mass is 19.1. The van der Waals surface area contributed by atoms with Crippen LogP contribution in [0.5, 0.6) is 5.75 Å². The van der Waals surface area contributed by atoms with E-state index >= 15 is 0 Å². The summed E-state index contributed by atoms with van der Waals surface area (Å²) in [6.07, 6.45) is 0. The van der Waals surface area contributed by atoms with Crippen molar-refractivity contribution >= 4 is 16.5 Å². The lowest BCUT2D eigenvalue weighted by Crippen LogP contribution is -2.16. The number of anilines is 1. The number of nitrogens with zero attached hydrogens (tertiary/aromatic N) is 1. The molecule has 3 aromatic rings. The second-order valence-electron chi connectivity index (χ2n) is 5.12. The van der Waals surface area contributed by atoms with Crippen LogP contribution in [0.1, 0.15) is 5.56 Å². The summed E-state index contributed by atoms with van der Waals surface area (Å²) in [5.41, 5.74) is 1.78. The number of fused-ring (bicyclic) bond motifs is 1. The fourth-order valence-electron chi connectivity index (χ4n) is 2.51. The lowest BCUT2D eigenvalue weighted by atomic mass is 10.0. The van der Waals surface area contributed by atoms with Crippen molar-refractivity contribution in [3.63, 3.8) is 0 Å². The van der Waals surface area contributed by atoms with Gasteiger partial charge in [-0.15, -0.1) is 0 Å². The average molecular weight is 281 g/mol. The van der Waals surface area contributed by atoms with Crippen LogP contribution >= 0.6 is 0 Å². The zero-order valence-electron chi connectivity index (χ0n) is 11.8. The number of rotatable bonds is 3. The highest BCUT2D eigenvalue weighted by Crippen LogP contribution is 2.29. The van der Waals surface area contributed by atoms with E-state index in [1.807, 2.05) is 42.3 Å². The fraction of sp³-hybridized carbons (Fsp3) is 0.111. The standard InChI is InChI=1S/C18H16FNO/c1-20(15-9-7-14(19)8-10-15)12-17-16-5-3-2-4-13(16)6-11-18(17)21/h2-11,21H,12H2,1H3. The van der Waals surface area contributed by atoms with Gasteiger partial charge in [-0.05, 0) is 41.1 Å². The van der Waals surface area contributed by atoms with Crippen molar-refractivity contribution < 1.29 is 9.50 Å². The van der Waals surface area contributed by atoms with Gasteiger partial charge in [-0.1, -0.05) is 30.3 Å². The maximum atomic E-state index is 13.0. The largest absolute Gasteiger partial charge is 0.508 e. The van der Waals surface area contributed by atoms with E-state index in [1.165, 1.54) is 12.1 Å². The van der Waals surface area contributed by atoms with Gasteiger partial charge in [0.25, 0.3) is 0 Å². The van der Waals surface area contributed by atoms with Gasteiger partial charge < -0.3 is 10.0 Å². The first kappa shape index (κ1) is 13.4. The zero-order valence-corrected chi connectivity index (χ0v) is 11.8. The van der Waals surface area contributed by atoms with Crippen molar-refractivity contribution in [2.45, 2.75) is 6.54 Å². The first-order valence-electron chi connectivity index (χ1n) is 6.81. The normalized spacial score (nSPS) is 10.8. The van der Waals surface area contributed by atoms with Crippen LogP contribution in [0.25, 0.3) is 10.8 Å². The Morgan fingerprint density at radius 2 is 1.67 bits per heavy atom. The molecule has 0 heterocycles. The Morgan fingerprint density at radius 1 is 0.952 bits per heavy atom. The molecule has 1 N–H and O–H groups in total. The van der Waals surface area contributed by atoms with Gasteiger partial charge in [0.1, 0.15) is 11.6 Å². The molecule has 3 rings (SSSR count). The quantitative estimate of drug-likeness (QED) is 0.772. The predicted molar refractivity (Wildman–Crippen MR) is 84.1 cm³/mol. The topological polar surface area (TPSA) is 23.5 Å². The number of hydrogen-bond donors (Lipinski definition) is 1. The molecule has 0 aromatic heterocycles. The summed E-state index contributed by atoms with van der Waals surface area (Å²) in [4.78, 5) is 1.99. The molecule has 0 saturated carbocycles. The molecule has 3 heteroatoms. The Morgan fingerprint density at radius 3 is 2.43 bits per heavy atom. The van der Waals surface area contributed by atoms with Gasteiger partial charge in [0.15, 0.2) is 0 Å². The molecular formula is C18H16FNO. The summed E-state index contributed by atoms with van der Waals surface area (Å²) in [6, 6.07) is 17.9. The first-order valence-corrected chi connectivity index (χ1v) is 6.81. The van der Waals surface area contributed by atoms with Crippen LogP contribution in [0.15, 0.2) is 60.7 Å². The summed E-state index contributed by atoms with van der Waals surface area (Å²) >= 11 is 0. The van der Waals surface area contributed by atoms with E-state index in [4.69, 9.17) is 0 Å². The lowest BCUT2D eigenvalue weighted by Gasteiger charge is -2.21. The summed E-state index contributed by atoms with van der Waals surface area (Å²) in [6.45, 7) is 0.554. The Hall–Kier alpha value is -2.55. The number of phenols is 1. The van der Waals surface area contributed by atoms with E-state index in [1.54, 1.807) is 18.2 Å². The van der Waals surface area contributed by atoms with Crippen LogP contribution in [-0.2, 0) is 6.54 Å². The fourth-order valence-corrected chi connectivity index (χ4v) is 2.51. The highest BCUT2D eigenvalue weighted by molar-refractivity contribution is 5.87. The van der Waals surface area contributed by atoms with Crippen LogP contribution in [0.4, 0.5) is 10.1 Å². The zero-order chi connectivity index (χ0) is 14.8. The van der Waals surface area contributed by atoms with Crippen molar-refractivity contribution in [2.24, 2.45) is 0 Å². The molecule has 0 fully saturated rings. The molecule has 0 amide bonds. The van der Waals surface area contributed by atoms with Gasteiger partial charge in [-0.2, -0.15) is 0 Å². The molecule has 0 bridgehead atoms. The molecular weight excluding hydrogens is 265 g/mol. The van der Waals surface area contributed by atoms with Crippen molar-refractivity contribution in [2.75, 3.05) is 11.9 Å². The molecule has 0 saturated heterocycles. The van der Waals surface area contributed by atoms with Crippen molar-refractivity contribution in [3.8, 4) is 5.75 Å². The number of phenolic OH excluding ortho intramolecular Hbond substituents is 1. The highest BCUT2D eigenvalue weighted by Gasteiger charge is 2.10. The van der Waals surface area contributed by atoms with Gasteiger partial charge in [0, 0.05) is 24.8 Å². The van der Waals surface area contributed by atoms with Crippen molar-refractivity contribution in [1.82, 2.24) is 0 Å². The molecule has 0 spiro atoms. The second-order valence-corrected chi connectivity index (χ2v) is 5.12. The third-order valence-corrected chi connectivity index (χ3v) is 3.68. The number of halogens is 1. The van der Waals surface area contributed by atoms with E-state index in [2.05, 4.69) is 0 Å². The van der Waals surface area contributed by atoms with E-state index < -0.39 is 0 Å². The van der Waals surface area contributed by atoms with Crippen molar-refractivity contribution in [1.29, 1.82) is 0 Å². The van der Waals surface area contributed by atoms with Crippen LogP contribution in [0, 0.1) is 5.82 Å². The third kappa shape index (κ3) is 2.68. The summed E-state index contributed by atoms with van der Waals surface area (Å²) < 4.78 is 13.0. The molecule has 0 radical (unpaired) electrons. The SMILES string of the molecule is CN(Cc1c(O)ccc2ccccc12)c1ccc(F)cc1. The smallest absolute Gasteiger partial charge is 0.123 e. The molecule has 21 heavy (non-hydrogen) atoms. The van der Waals surface area contributed by atoms with Crippen LogP contribution in [0.3, 0.4) is 0 Å². The second kappa shape index (κ2) is 5.44. The number of benzene rings is 3. The monoisotopic (exact) mass is 281 g/mol. The summed E-state index contributed by atoms with van der Waals surface area (Å²) in [5.74, 6) is 0.0304. The van der Waals surface area contributed by atoms with Crippen LogP contribution < -0.4 is 4.90 Å². The maximum absolute atomic E-state index is 13.0. The van der Waals surface area contributed by atoms with Crippen LogP contribution in [0.2, 0.25) is 0 Å². The minimum Gasteiger partial charge on any atom is -0.508 e. The molecule has 0 unspecified atom stereocenters. The summed E-state index contributed by atoms with van der Waals surface area (Å²) in [7, 11) is 1.93. The predicted octanol–water partition coefficient (Wildman–Crippen LogP) is 4.32. The Kier molecular flexibility index (Phi) is 3.48. The average Bonchev–Trinajstić information content (AvgIpc) is 2.51. The first-order chi connectivity index (χ1) is 10.1. The molecule has 106 valence electrons. The van der Waals surface area contributed by atoms with E-state index in [-0.39, 0.29) is 11.6 Å². The minimum absolute atomic E-state index is 0.250. The minimum atomic E-state index is -0.250. The van der Waals surface area contributed by atoms with Gasteiger partial charge in [0.2, 0.25) is 0 Å². The Labute approximate surface area is 123 Å². The number of aromatic hydroxyl groups is 1. The van der Waals surface area contributed by atoms with Crippen LogP contribution in [-0.4, -0.2) is 12.2 Å². The molecule has 2 nitrogen and oxygen atoms in total. The van der Waals surface area contributed by atoms with E-state index in [0.717, 1.165) is 22.0 Å². The number of hydrogen-bond acceptors (Lipinski definition) is 2. The third-order valence-electron chi connectivity index (χ3n) is 3.68. The molecule has 3 aromatic carbocycles. The maximum Gasteiger partial charge on any atom is 0.123 e. The molecule has 0 aliphatic carbocycles. The van der Waals surface area contributed by atoms with Gasteiger partial charge in [-0.25, -0.2) is 4.39 Å².